The van der Waals surface area contributed by atoms with Gasteiger partial charge in [-0.15, -0.1) is 0 Å². The number of nitrogens with one attached hydrogen (secondary N) is 1. The van der Waals surface area contributed by atoms with Crippen molar-refractivity contribution in [1.29, 1.82) is 0 Å². The van der Waals surface area contributed by atoms with Crippen LogP contribution in [0.15, 0.2) is 28.7 Å². The predicted octanol–water partition coefficient (Wildman–Crippen LogP) is 4.15. The lowest BCUT2D eigenvalue weighted by Gasteiger charge is -2.09. The van der Waals surface area contributed by atoms with Crippen LogP contribution in [-0.2, 0) is 0 Å². The molecule has 16 heavy (non-hydrogen) atoms. The first kappa shape index (κ1) is 11.5. The highest BCUT2D eigenvalue weighted by Crippen LogP contribution is 2.26. The van der Waals surface area contributed by atoms with E-state index in [2.05, 4.69) is 25.2 Å². The van der Waals surface area contributed by atoms with E-state index in [-0.39, 0.29) is 6.04 Å². The Hall–Kier alpha value is -0.990. The van der Waals surface area contributed by atoms with Gasteiger partial charge in [0.2, 0.25) is 0 Å². The van der Waals surface area contributed by atoms with Gasteiger partial charge in [0.25, 0.3) is 0 Å². The Labute approximate surface area is 101 Å². The fourth-order valence-electron chi connectivity index (χ4n) is 1.71. The van der Waals surface area contributed by atoms with E-state index in [1.54, 1.807) is 0 Å². The van der Waals surface area contributed by atoms with Crippen LogP contribution in [0, 0.1) is 0 Å². The SMILES string of the molecule is CCCNC(C)c1cc2cc(Cl)ccc2o1. The van der Waals surface area contributed by atoms with E-state index in [0.29, 0.717) is 0 Å². The second kappa shape index (κ2) is 4.89. The molecule has 2 rings (SSSR count). The molecule has 2 nitrogen and oxygen atoms in total. The maximum atomic E-state index is 5.93. The van der Waals surface area contributed by atoms with Gasteiger partial charge in [0.05, 0.1) is 6.04 Å². The van der Waals surface area contributed by atoms with E-state index in [4.69, 9.17) is 16.0 Å². The molecule has 0 aliphatic rings. The molecule has 1 aromatic heterocycles. The Morgan fingerprint density at radius 1 is 1.38 bits per heavy atom. The molecule has 0 aliphatic carbocycles. The summed E-state index contributed by atoms with van der Waals surface area (Å²) in [5.41, 5.74) is 0.893. The molecule has 1 unspecified atom stereocenters. The van der Waals surface area contributed by atoms with Gasteiger partial charge in [-0.05, 0) is 44.2 Å². The van der Waals surface area contributed by atoms with E-state index in [9.17, 15) is 0 Å². The van der Waals surface area contributed by atoms with Crippen LogP contribution in [0.25, 0.3) is 11.0 Å². The summed E-state index contributed by atoms with van der Waals surface area (Å²) in [5, 5.41) is 5.20. The Kier molecular flexibility index (Phi) is 3.52. The van der Waals surface area contributed by atoms with Gasteiger partial charge in [-0.3, -0.25) is 0 Å². The number of halogens is 1. The number of benzene rings is 1. The zero-order chi connectivity index (χ0) is 11.5. The summed E-state index contributed by atoms with van der Waals surface area (Å²) < 4.78 is 5.76. The molecule has 2 aromatic rings. The van der Waals surface area contributed by atoms with E-state index in [1.807, 2.05) is 18.2 Å². The highest BCUT2D eigenvalue weighted by atomic mass is 35.5. The molecule has 0 bridgehead atoms. The third-order valence-corrected chi connectivity index (χ3v) is 2.86. The molecule has 0 saturated carbocycles. The zero-order valence-corrected chi connectivity index (χ0v) is 10.3. The summed E-state index contributed by atoms with van der Waals surface area (Å²) in [7, 11) is 0. The average Bonchev–Trinajstić information content (AvgIpc) is 2.68. The van der Waals surface area contributed by atoms with Crippen molar-refractivity contribution >= 4 is 22.6 Å². The normalized spacial score (nSPS) is 13.2. The maximum Gasteiger partial charge on any atom is 0.134 e. The summed E-state index contributed by atoms with van der Waals surface area (Å²) in [5.74, 6) is 0.964. The third kappa shape index (κ3) is 2.39. The van der Waals surface area contributed by atoms with Gasteiger partial charge in [0.1, 0.15) is 11.3 Å². The van der Waals surface area contributed by atoms with Crippen LogP contribution < -0.4 is 5.32 Å². The largest absolute Gasteiger partial charge is 0.459 e. The van der Waals surface area contributed by atoms with Crippen molar-refractivity contribution in [3.05, 3.63) is 35.0 Å². The molecule has 0 amide bonds. The summed E-state index contributed by atoms with van der Waals surface area (Å²) in [6.45, 7) is 5.26. The lowest BCUT2D eigenvalue weighted by Crippen LogP contribution is -2.18. The highest BCUT2D eigenvalue weighted by molar-refractivity contribution is 6.31. The Morgan fingerprint density at radius 2 is 2.19 bits per heavy atom. The standard InChI is InChI=1S/C13H16ClNO/c1-3-6-15-9(2)13-8-10-7-11(14)4-5-12(10)16-13/h4-5,7-9,15H,3,6H2,1-2H3. The molecular formula is C13H16ClNO. The molecule has 0 spiro atoms. The van der Waals surface area contributed by atoms with Crippen LogP contribution >= 0.6 is 11.6 Å². The predicted molar refractivity (Wildman–Crippen MR) is 67.9 cm³/mol. The minimum absolute atomic E-state index is 0.242. The molecular weight excluding hydrogens is 222 g/mol. The van der Waals surface area contributed by atoms with Crippen molar-refractivity contribution in [2.45, 2.75) is 26.3 Å². The van der Waals surface area contributed by atoms with Crippen molar-refractivity contribution in [3.63, 3.8) is 0 Å². The quantitative estimate of drug-likeness (QED) is 0.864. The first-order valence-electron chi connectivity index (χ1n) is 5.63. The number of hydrogen-bond donors (Lipinski definition) is 1. The highest BCUT2D eigenvalue weighted by Gasteiger charge is 2.10. The number of fused-ring (bicyclic) bond motifs is 1. The fraction of sp³-hybridized carbons (Fsp3) is 0.385. The smallest absolute Gasteiger partial charge is 0.134 e. The molecule has 1 aromatic carbocycles. The van der Waals surface area contributed by atoms with Gasteiger partial charge in [0.15, 0.2) is 0 Å². The molecule has 1 atom stereocenters. The molecule has 1 N–H and O–H groups in total. The average molecular weight is 238 g/mol. The third-order valence-electron chi connectivity index (χ3n) is 2.62. The minimum atomic E-state index is 0.242. The molecule has 86 valence electrons. The van der Waals surface area contributed by atoms with Gasteiger partial charge in [0, 0.05) is 10.4 Å². The topological polar surface area (TPSA) is 25.2 Å². The van der Waals surface area contributed by atoms with Gasteiger partial charge < -0.3 is 9.73 Å². The van der Waals surface area contributed by atoms with E-state index in [1.165, 1.54) is 0 Å². The molecule has 1 heterocycles. The van der Waals surface area contributed by atoms with Crippen LogP contribution in [0.1, 0.15) is 32.1 Å². The molecule has 0 aliphatic heterocycles. The van der Waals surface area contributed by atoms with Crippen LogP contribution in [-0.4, -0.2) is 6.54 Å². The maximum absolute atomic E-state index is 5.93. The van der Waals surface area contributed by atoms with Gasteiger partial charge in [-0.25, -0.2) is 0 Å². The Balaban J connectivity index is 2.25. The van der Waals surface area contributed by atoms with Crippen molar-refractivity contribution in [3.8, 4) is 0 Å². The summed E-state index contributed by atoms with van der Waals surface area (Å²) in [4.78, 5) is 0. The summed E-state index contributed by atoms with van der Waals surface area (Å²) >= 11 is 5.93. The monoisotopic (exact) mass is 237 g/mol. The first-order valence-corrected chi connectivity index (χ1v) is 6.01. The second-order valence-electron chi connectivity index (χ2n) is 4.01. The lowest BCUT2D eigenvalue weighted by molar-refractivity contribution is 0.452. The van der Waals surface area contributed by atoms with E-state index >= 15 is 0 Å². The lowest BCUT2D eigenvalue weighted by atomic mass is 10.2. The molecule has 3 heteroatoms. The number of furan rings is 1. The van der Waals surface area contributed by atoms with Crippen molar-refractivity contribution in [2.75, 3.05) is 6.54 Å². The van der Waals surface area contributed by atoms with Crippen molar-refractivity contribution < 1.29 is 4.42 Å². The van der Waals surface area contributed by atoms with Crippen LogP contribution in [0.4, 0.5) is 0 Å². The summed E-state index contributed by atoms with van der Waals surface area (Å²) in [6.07, 6.45) is 1.12. The molecule has 0 saturated heterocycles. The Bertz CT molecular complexity index is 478. The van der Waals surface area contributed by atoms with Gasteiger partial charge >= 0.3 is 0 Å². The number of rotatable bonds is 4. The fourth-order valence-corrected chi connectivity index (χ4v) is 1.89. The second-order valence-corrected chi connectivity index (χ2v) is 4.44. The van der Waals surface area contributed by atoms with Gasteiger partial charge in [-0.2, -0.15) is 0 Å². The first-order chi connectivity index (χ1) is 7.70. The number of hydrogen-bond acceptors (Lipinski definition) is 2. The van der Waals surface area contributed by atoms with Crippen LogP contribution in [0.5, 0.6) is 0 Å². The van der Waals surface area contributed by atoms with Crippen LogP contribution in [0.3, 0.4) is 0 Å². The van der Waals surface area contributed by atoms with Gasteiger partial charge in [-0.1, -0.05) is 18.5 Å². The van der Waals surface area contributed by atoms with Crippen molar-refractivity contribution in [2.24, 2.45) is 0 Å². The zero-order valence-electron chi connectivity index (χ0n) is 9.59. The Morgan fingerprint density at radius 3 is 2.94 bits per heavy atom. The van der Waals surface area contributed by atoms with Crippen LogP contribution in [0.2, 0.25) is 5.02 Å². The van der Waals surface area contributed by atoms with E-state index in [0.717, 1.165) is 34.7 Å². The molecule has 0 radical (unpaired) electrons. The molecule has 0 fully saturated rings. The van der Waals surface area contributed by atoms with E-state index < -0.39 is 0 Å². The minimum Gasteiger partial charge on any atom is -0.459 e. The summed E-state index contributed by atoms with van der Waals surface area (Å²) in [6, 6.07) is 7.98. The van der Waals surface area contributed by atoms with Crippen molar-refractivity contribution in [1.82, 2.24) is 5.32 Å².